The van der Waals surface area contributed by atoms with Crippen LogP contribution in [0.15, 0.2) is 32.8 Å². The molecule has 9 nitrogen and oxygen atoms in total. The molecule has 12 heteroatoms. The quantitative estimate of drug-likeness (QED) is 0.253. The molecular weight excluding hydrogens is 412 g/mol. The average Bonchev–Trinajstić information content (AvgIpc) is 3.27. The number of thiazole rings is 1. The Labute approximate surface area is 165 Å². The summed E-state index contributed by atoms with van der Waals surface area (Å²) >= 11 is 7.55. The summed E-state index contributed by atoms with van der Waals surface area (Å²) in [7, 11) is 1.24. The minimum atomic E-state index is -0.545. The van der Waals surface area contributed by atoms with Gasteiger partial charge in [-0.1, -0.05) is 23.1 Å². The zero-order chi connectivity index (χ0) is 19.4. The number of nitrogens with zero attached hydrogens (tertiary/aromatic N) is 2. The van der Waals surface area contributed by atoms with E-state index in [4.69, 9.17) is 16.6 Å². The number of furan rings is 1. The van der Waals surface area contributed by atoms with Crippen LogP contribution in [-0.2, 0) is 20.9 Å². The summed E-state index contributed by atoms with van der Waals surface area (Å²) in [5, 5.41) is 2.69. The molecule has 0 aliphatic carbocycles. The number of rotatable bonds is 7. The second-order valence-electron chi connectivity index (χ2n) is 5.20. The van der Waals surface area contributed by atoms with E-state index >= 15 is 0 Å². The molecule has 0 bridgehead atoms. The summed E-state index contributed by atoms with van der Waals surface area (Å²) in [6.07, 6.45) is 1.56. The van der Waals surface area contributed by atoms with Gasteiger partial charge < -0.3 is 19.5 Å². The van der Waals surface area contributed by atoms with Crippen LogP contribution in [0.25, 0.3) is 10.3 Å². The number of hydrogen-bond donors (Lipinski definition) is 2. The number of methoxy groups -OCH3 is 1. The van der Waals surface area contributed by atoms with Gasteiger partial charge in [-0.3, -0.25) is 19.0 Å². The van der Waals surface area contributed by atoms with Gasteiger partial charge in [0.05, 0.1) is 25.7 Å². The Balaban J connectivity index is 1.79. The van der Waals surface area contributed by atoms with Crippen LogP contribution in [0.1, 0.15) is 5.76 Å². The number of amides is 1. The fourth-order valence-corrected chi connectivity index (χ4v) is 4.04. The van der Waals surface area contributed by atoms with E-state index in [2.05, 4.69) is 20.0 Å². The third-order valence-corrected chi connectivity index (χ3v) is 5.71. The molecule has 0 spiro atoms. The van der Waals surface area contributed by atoms with Crippen LogP contribution in [0.3, 0.4) is 0 Å². The number of nitrogens with one attached hydrogen (secondary N) is 2. The molecule has 1 amide bonds. The zero-order valence-corrected chi connectivity index (χ0v) is 16.5. The summed E-state index contributed by atoms with van der Waals surface area (Å²) in [4.78, 5) is 42.2. The summed E-state index contributed by atoms with van der Waals surface area (Å²) in [6, 6.07) is 3.57. The molecule has 0 fully saturated rings. The highest BCUT2D eigenvalue weighted by Crippen LogP contribution is 2.22. The minimum absolute atomic E-state index is 0.0194. The molecule has 2 N–H and O–H groups in total. The lowest BCUT2D eigenvalue weighted by molar-refractivity contribution is -0.140. The number of ether oxygens (including phenoxy) is 1. The third-order valence-electron chi connectivity index (χ3n) is 3.39. The summed E-state index contributed by atoms with van der Waals surface area (Å²) in [6.45, 7) is 0.137. The Bertz CT molecular complexity index is 1080. The maximum absolute atomic E-state index is 12.3. The van der Waals surface area contributed by atoms with Crippen LogP contribution in [0.2, 0.25) is 0 Å². The van der Waals surface area contributed by atoms with Gasteiger partial charge in [-0.25, -0.2) is 4.98 Å². The SMILES string of the molecule is COC(=O)CNC(=O)CSc1nc2c(sc(=S)n2Cc2ccco2)c(=O)[nH]1. The van der Waals surface area contributed by atoms with Crippen LogP contribution < -0.4 is 10.9 Å². The Hall–Kier alpha value is -2.44. The Morgan fingerprint density at radius 1 is 1.52 bits per heavy atom. The molecule has 0 aliphatic heterocycles. The molecule has 3 rings (SSSR count). The van der Waals surface area contributed by atoms with Crippen LogP contribution in [0.4, 0.5) is 0 Å². The van der Waals surface area contributed by atoms with Crippen molar-refractivity contribution < 1.29 is 18.7 Å². The summed E-state index contributed by atoms with van der Waals surface area (Å²) in [5.41, 5.74) is 0.106. The largest absolute Gasteiger partial charge is 0.468 e. The van der Waals surface area contributed by atoms with Gasteiger partial charge in [-0.05, 0) is 24.4 Å². The van der Waals surface area contributed by atoms with Crippen LogP contribution in [0, 0.1) is 3.95 Å². The van der Waals surface area contributed by atoms with Gasteiger partial charge in [-0.15, -0.1) is 0 Å². The Morgan fingerprint density at radius 2 is 2.33 bits per heavy atom. The van der Waals surface area contributed by atoms with E-state index < -0.39 is 5.97 Å². The molecule has 27 heavy (non-hydrogen) atoms. The van der Waals surface area contributed by atoms with E-state index in [9.17, 15) is 14.4 Å². The standard InChI is InChI=1S/C15H14N4O5S3/c1-23-10(21)5-16-9(20)7-26-14-17-12-11(13(22)18-14)27-15(25)19(12)6-8-3-2-4-24-8/h2-4H,5-7H2,1H3,(H,16,20)(H,17,18,22). The topological polar surface area (TPSA) is 119 Å². The highest BCUT2D eigenvalue weighted by molar-refractivity contribution is 7.99. The molecule has 0 aromatic carbocycles. The number of esters is 1. The van der Waals surface area contributed by atoms with E-state index in [0.29, 0.717) is 26.6 Å². The molecule has 142 valence electrons. The van der Waals surface area contributed by atoms with E-state index in [0.717, 1.165) is 23.1 Å². The van der Waals surface area contributed by atoms with Crippen molar-refractivity contribution in [3.8, 4) is 0 Å². The number of aromatic nitrogens is 3. The normalized spacial score (nSPS) is 10.9. The average molecular weight is 427 g/mol. The Kier molecular flexibility index (Phi) is 6.08. The van der Waals surface area contributed by atoms with Gasteiger partial charge in [0, 0.05) is 0 Å². The lowest BCUT2D eigenvalue weighted by atomic mass is 10.4. The van der Waals surface area contributed by atoms with Crippen molar-refractivity contribution in [3.63, 3.8) is 0 Å². The zero-order valence-electron chi connectivity index (χ0n) is 14.0. The third kappa shape index (κ3) is 4.64. The number of hydrogen-bond acceptors (Lipinski definition) is 9. The van der Waals surface area contributed by atoms with Gasteiger partial charge in [0.25, 0.3) is 5.56 Å². The molecule has 3 aromatic rings. The number of H-pyrrole nitrogens is 1. The minimum Gasteiger partial charge on any atom is -0.468 e. The molecule has 0 atom stereocenters. The number of thioether (sulfide) groups is 1. The van der Waals surface area contributed by atoms with Crippen LogP contribution in [0.5, 0.6) is 0 Å². The summed E-state index contributed by atoms with van der Waals surface area (Å²) in [5.74, 6) is -0.263. The van der Waals surface area contributed by atoms with Crippen molar-refractivity contribution in [3.05, 3.63) is 38.5 Å². The van der Waals surface area contributed by atoms with Gasteiger partial charge in [0.15, 0.2) is 14.8 Å². The maximum atomic E-state index is 12.3. The molecular formula is C15H14N4O5S3. The molecule has 0 unspecified atom stereocenters. The fourth-order valence-electron chi connectivity index (χ4n) is 2.13. The first-order valence-corrected chi connectivity index (χ1v) is 9.81. The van der Waals surface area contributed by atoms with Crippen LogP contribution in [-0.4, -0.2) is 45.8 Å². The Morgan fingerprint density at radius 3 is 3.04 bits per heavy atom. The van der Waals surface area contributed by atoms with E-state index in [-0.39, 0.29) is 28.9 Å². The highest BCUT2D eigenvalue weighted by Gasteiger charge is 2.14. The summed E-state index contributed by atoms with van der Waals surface area (Å²) < 4.78 is 12.4. The molecule has 3 aromatic heterocycles. The first-order valence-electron chi connectivity index (χ1n) is 7.60. The molecule has 0 saturated heterocycles. The van der Waals surface area contributed by atoms with Gasteiger partial charge in [-0.2, -0.15) is 0 Å². The van der Waals surface area contributed by atoms with E-state index in [1.807, 2.05) is 0 Å². The van der Waals surface area contributed by atoms with Crippen molar-refractivity contribution in [2.24, 2.45) is 0 Å². The second-order valence-corrected chi connectivity index (χ2v) is 7.81. The van der Waals surface area contributed by atoms with Crippen molar-refractivity contribution >= 4 is 57.5 Å². The smallest absolute Gasteiger partial charge is 0.325 e. The molecule has 0 saturated carbocycles. The highest BCUT2D eigenvalue weighted by atomic mass is 32.2. The van der Waals surface area contributed by atoms with E-state index in [1.165, 1.54) is 7.11 Å². The first kappa shape index (κ1) is 19.3. The van der Waals surface area contributed by atoms with Crippen molar-refractivity contribution in [2.45, 2.75) is 11.7 Å². The number of carbonyl (C=O) groups excluding carboxylic acids is 2. The second kappa shape index (κ2) is 8.50. The van der Waals surface area contributed by atoms with Crippen molar-refractivity contribution in [1.29, 1.82) is 0 Å². The number of carbonyl (C=O) groups is 2. The van der Waals surface area contributed by atoms with Gasteiger partial charge >= 0.3 is 5.97 Å². The first-order chi connectivity index (χ1) is 13.0. The lowest BCUT2D eigenvalue weighted by Gasteiger charge is -2.05. The molecule has 0 radical (unpaired) electrons. The van der Waals surface area contributed by atoms with Crippen molar-refractivity contribution in [1.82, 2.24) is 19.9 Å². The predicted octanol–water partition coefficient (Wildman–Crippen LogP) is 1.54. The van der Waals surface area contributed by atoms with E-state index in [1.54, 1.807) is 23.0 Å². The number of fused-ring (bicyclic) bond motifs is 1. The van der Waals surface area contributed by atoms with Gasteiger partial charge in [0.1, 0.15) is 17.0 Å². The van der Waals surface area contributed by atoms with Crippen molar-refractivity contribution in [2.75, 3.05) is 19.4 Å². The lowest BCUT2D eigenvalue weighted by Crippen LogP contribution is -2.31. The monoisotopic (exact) mass is 426 g/mol. The number of aromatic amines is 1. The molecule has 0 aliphatic rings. The van der Waals surface area contributed by atoms with Crippen LogP contribution >= 0.6 is 35.3 Å². The maximum Gasteiger partial charge on any atom is 0.325 e. The van der Waals surface area contributed by atoms with Gasteiger partial charge in [0.2, 0.25) is 5.91 Å². The molecule has 3 heterocycles. The fraction of sp³-hybridized carbons (Fsp3) is 0.267. The predicted molar refractivity (Wildman–Crippen MR) is 103 cm³/mol.